The lowest BCUT2D eigenvalue weighted by Crippen LogP contribution is -2.36. The van der Waals surface area contributed by atoms with Gasteiger partial charge in [0, 0.05) is 5.02 Å². The summed E-state index contributed by atoms with van der Waals surface area (Å²) in [6, 6.07) is 11.2. The molecular formula is C18H13Cl2NO5. The first kappa shape index (κ1) is 18.2. The van der Waals surface area contributed by atoms with Crippen molar-refractivity contribution in [3.05, 3.63) is 63.6 Å². The Bertz CT molecular complexity index is 849. The van der Waals surface area contributed by atoms with E-state index < -0.39 is 24.3 Å². The second-order valence-electron chi connectivity index (χ2n) is 5.39. The number of amides is 2. The summed E-state index contributed by atoms with van der Waals surface area (Å²) in [4.78, 5) is 37.1. The molecule has 0 saturated heterocycles. The maximum Gasteiger partial charge on any atom is 0.326 e. The van der Waals surface area contributed by atoms with Gasteiger partial charge in [-0.3, -0.25) is 19.3 Å². The average molecular weight is 394 g/mol. The van der Waals surface area contributed by atoms with E-state index in [2.05, 4.69) is 0 Å². The molecule has 0 atom stereocenters. The molecule has 0 radical (unpaired) electrons. The third kappa shape index (κ3) is 3.81. The van der Waals surface area contributed by atoms with Crippen LogP contribution in [0.15, 0.2) is 42.5 Å². The number of ether oxygens (including phenoxy) is 2. The molecule has 0 spiro atoms. The molecule has 134 valence electrons. The van der Waals surface area contributed by atoms with Gasteiger partial charge in [0.05, 0.1) is 16.1 Å². The van der Waals surface area contributed by atoms with Crippen molar-refractivity contribution >= 4 is 41.0 Å². The molecule has 6 nitrogen and oxygen atoms in total. The highest BCUT2D eigenvalue weighted by Gasteiger charge is 2.36. The summed E-state index contributed by atoms with van der Waals surface area (Å²) in [6.45, 7) is -0.440. The SMILES string of the molecule is O=C(CN1C(=O)c2ccccc2C1=O)OCCOc1ccc(Cl)cc1Cl. The van der Waals surface area contributed by atoms with E-state index in [1.165, 1.54) is 6.07 Å². The fourth-order valence-corrected chi connectivity index (χ4v) is 2.92. The Morgan fingerprint density at radius 2 is 1.62 bits per heavy atom. The lowest BCUT2D eigenvalue weighted by Gasteiger charge is -2.13. The molecule has 2 amide bonds. The monoisotopic (exact) mass is 393 g/mol. The summed E-state index contributed by atoms with van der Waals surface area (Å²) in [5, 5.41) is 0.824. The Hall–Kier alpha value is -2.57. The molecule has 2 aromatic rings. The Kier molecular flexibility index (Phi) is 5.44. The Balaban J connectivity index is 1.48. The second kappa shape index (κ2) is 7.76. The second-order valence-corrected chi connectivity index (χ2v) is 6.23. The van der Waals surface area contributed by atoms with E-state index in [9.17, 15) is 14.4 Å². The first-order chi connectivity index (χ1) is 12.5. The summed E-state index contributed by atoms with van der Waals surface area (Å²) in [7, 11) is 0. The van der Waals surface area contributed by atoms with Crippen molar-refractivity contribution in [2.24, 2.45) is 0 Å². The maximum absolute atomic E-state index is 12.2. The van der Waals surface area contributed by atoms with Crippen molar-refractivity contribution in [2.75, 3.05) is 19.8 Å². The van der Waals surface area contributed by atoms with Crippen LogP contribution in [0.1, 0.15) is 20.7 Å². The van der Waals surface area contributed by atoms with Gasteiger partial charge < -0.3 is 9.47 Å². The molecule has 1 aliphatic rings. The molecule has 1 heterocycles. The van der Waals surface area contributed by atoms with Crippen molar-refractivity contribution < 1.29 is 23.9 Å². The fourth-order valence-electron chi connectivity index (χ4n) is 2.46. The van der Waals surface area contributed by atoms with Gasteiger partial charge in [-0.15, -0.1) is 0 Å². The fraction of sp³-hybridized carbons (Fsp3) is 0.167. The van der Waals surface area contributed by atoms with Crippen LogP contribution in [0, 0.1) is 0 Å². The third-order valence-electron chi connectivity index (χ3n) is 3.66. The van der Waals surface area contributed by atoms with E-state index in [4.69, 9.17) is 32.7 Å². The van der Waals surface area contributed by atoms with Crippen LogP contribution in [0.25, 0.3) is 0 Å². The summed E-state index contributed by atoms with van der Waals surface area (Å²) in [5.74, 6) is -1.31. The molecule has 0 fully saturated rings. The zero-order chi connectivity index (χ0) is 18.7. The smallest absolute Gasteiger partial charge is 0.326 e. The summed E-state index contributed by atoms with van der Waals surface area (Å²) in [6.07, 6.45) is 0. The number of carbonyl (C=O) groups is 3. The van der Waals surface area contributed by atoms with E-state index in [0.717, 1.165) is 4.90 Å². The molecule has 3 rings (SSSR count). The molecule has 0 bridgehead atoms. The number of nitrogens with zero attached hydrogens (tertiary/aromatic N) is 1. The van der Waals surface area contributed by atoms with Gasteiger partial charge in [-0.05, 0) is 30.3 Å². The van der Waals surface area contributed by atoms with Crippen LogP contribution in [0.4, 0.5) is 0 Å². The first-order valence-electron chi connectivity index (χ1n) is 7.66. The largest absolute Gasteiger partial charge is 0.488 e. The minimum atomic E-state index is -0.703. The minimum Gasteiger partial charge on any atom is -0.488 e. The van der Waals surface area contributed by atoms with Crippen molar-refractivity contribution in [3.63, 3.8) is 0 Å². The lowest BCUT2D eigenvalue weighted by molar-refractivity contribution is -0.144. The van der Waals surface area contributed by atoms with Crippen molar-refractivity contribution in [1.82, 2.24) is 4.90 Å². The number of carbonyl (C=O) groups excluding carboxylic acids is 3. The Morgan fingerprint density at radius 1 is 0.962 bits per heavy atom. The number of rotatable bonds is 6. The quantitative estimate of drug-likeness (QED) is 0.428. The van der Waals surface area contributed by atoms with Crippen LogP contribution in [-0.4, -0.2) is 42.4 Å². The molecular weight excluding hydrogens is 381 g/mol. The predicted molar refractivity (Wildman–Crippen MR) is 94.7 cm³/mol. The number of benzene rings is 2. The number of fused-ring (bicyclic) bond motifs is 1. The molecule has 0 aliphatic carbocycles. The van der Waals surface area contributed by atoms with Gasteiger partial charge in [-0.2, -0.15) is 0 Å². The molecule has 0 N–H and O–H groups in total. The van der Waals surface area contributed by atoms with E-state index in [1.807, 2.05) is 0 Å². The van der Waals surface area contributed by atoms with Gasteiger partial charge in [-0.1, -0.05) is 35.3 Å². The molecule has 2 aromatic carbocycles. The van der Waals surface area contributed by atoms with Crippen molar-refractivity contribution in [1.29, 1.82) is 0 Å². The summed E-state index contributed by atoms with van der Waals surface area (Å²) in [5.41, 5.74) is 0.567. The van der Waals surface area contributed by atoms with E-state index in [-0.39, 0.29) is 24.3 Å². The number of halogens is 2. The Labute approximate surface area is 159 Å². The number of hydrogen-bond acceptors (Lipinski definition) is 5. The molecule has 1 aliphatic heterocycles. The summed E-state index contributed by atoms with van der Waals surface area (Å²) >= 11 is 11.8. The highest BCUT2D eigenvalue weighted by Crippen LogP contribution is 2.27. The summed E-state index contributed by atoms with van der Waals surface area (Å²) < 4.78 is 10.4. The number of esters is 1. The third-order valence-corrected chi connectivity index (χ3v) is 4.19. The molecule has 0 aromatic heterocycles. The van der Waals surface area contributed by atoms with E-state index in [1.54, 1.807) is 36.4 Å². The van der Waals surface area contributed by atoms with Crippen LogP contribution in [0.3, 0.4) is 0 Å². The highest BCUT2D eigenvalue weighted by molar-refractivity contribution is 6.35. The number of hydrogen-bond donors (Lipinski definition) is 0. The molecule has 8 heteroatoms. The van der Waals surface area contributed by atoms with Gasteiger partial charge in [-0.25, -0.2) is 0 Å². The van der Waals surface area contributed by atoms with Crippen molar-refractivity contribution in [2.45, 2.75) is 0 Å². The van der Waals surface area contributed by atoms with E-state index >= 15 is 0 Å². The zero-order valence-corrected chi connectivity index (χ0v) is 14.9. The topological polar surface area (TPSA) is 72.9 Å². The van der Waals surface area contributed by atoms with Crippen LogP contribution >= 0.6 is 23.2 Å². The highest BCUT2D eigenvalue weighted by atomic mass is 35.5. The predicted octanol–water partition coefficient (Wildman–Crippen LogP) is 3.21. The van der Waals surface area contributed by atoms with Crippen LogP contribution in [0.5, 0.6) is 5.75 Å². The minimum absolute atomic E-state index is 0.0546. The van der Waals surface area contributed by atoms with Gasteiger partial charge in [0.25, 0.3) is 11.8 Å². The van der Waals surface area contributed by atoms with Crippen LogP contribution in [-0.2, 0) is 9.53 Å². The normalized spacial score (nSPS) is 12.9. The first-order valence-corrected chi connectivity index (χ1v) is 8.41. The Morgan fingerprint density at radius 3 is 2.23 bits per heavy atom. The van der Waals surface area contributed by atoms with Gasteiger partial charge in [0.1, 0.15) is 25.5 Å². The van der Waals surface area contributed by atoms with Gasteiger partial charge >= 0.3 is 5.97 Å². The van der Waals surface area contributed by atoms with Crippen LogP contribution in [0.2, 0.25) is 10.0 Å². The maximum atomic E-state index is 12.2. The van der Waals surface area contributed by atoms with Crippen LogP contribution < -0.4 is 4.74 Å². The average Bonchev–Trinajstić information content (AvgIpc) is 2.85. The molecule has 26 heavy (non-hydrogen) atoms. The molecule has 0 saturated carbocycles. The zero-order valence-electron chi connectivity index (χ0n) is 13.4. The van der Waals surface area contributed by atoms with Gasteiger partial charge in [0.15, 0.2) is 0 Å². The van der Waals surface area contributed by atoms with Gasteiger partial charge in [0.2, 0.25) is 0 Å². The standard InChI is InChI=1S/C18H13Cl2NO5/c19-11-5-6-15(14(20)9-11)25-7-8-26-16(22)10-21-17(23)12-3-1-2-4-13(12)18(21)24/h1-6,9H,7-8,10H2. The number of imide groups is 1. The van der Waals surface area contributed by atoms with Crippen molar-refractivity contribution in [3.8, 4) is 5.75 Å². The molecule has 0 unspecified atom stereocenters. The van der Waals surface area contributed by atoms with E-state index in [0.29, 0.717) is 15.8 Å². The lowest BCUT2D eigenvalue weighted by atomic mass is 10.1.